The number of hydrogen-bond donors (Lipinski definition) is 1. The van der Waals surface area contributed by atoms with Crippen molar-refractivity contribution in [3.63, 3.8) is 0 Å². The number of ether oxygens (including phenoxy) is 1. The van der Waals surface area contributed by atoms with E-state index in [9.17, 15) is 4.79 Å². The van der Waals surface area contributed by atoms with Crippen molar-refractivity contribution in [1.82, 2.24) is 9.80 Å². The van der Waals surface area contributed by atoms with Gasteiger partial charge in [0.2, 0.25) is 5.91 Å². The molecular weight excluding hydrogens is 266 g/mol. The third kappa shape index (κ3) is 3.76. The molecule has 3 rings (SSSR count). The minimum absolute atomic E-state index is 0.184. The summed E-state index contributed by atoms with van der Waals surface area (Å²) in [7, 11) is 0. The summed E-state index contributed by atoms with van der Waals surface area (Å²) >= 11 is 0. The van der Waals surface area contributed by atoms with Gasteiger partial charge in [0.1, 0.15) is 0 Å². The first-order valence-corrected chi connectivity index (χ1v) is 8.60. The van der Waals surface area contributed by atoms with E-state index in [0.717, 1.165) is 77.9 Å². The Labute approximate surface area is 127 Å². The smallest absolute Gasteiger partial charge is 0.225 e. The number of rotatable bonds is 2. The van der Waals surface area contributed by atoms with Gasteiger partial charge in [0.15, 0.2) is 0 Å². The number of piperazine rings is 1. The van der Waals surface area contributed by atoms with E-state index in [1.54, 1.807) is 0 Å². The number of amides is 1. The molecule has 0 spiro atoms. The maximum atomic E-state index is 12.6. The standard InChI is InChI=1S/C16H29N3O2/c17-14-3-1-2-13(12-14)16(20)19-8-6-18(7-9-19)15-4-10-21-11-5-15/h13-15H,1-12,17H2. The van der Waals surface area contributed by atoms with Crippen LogP contribution < -0.4 is 5.73 Å². The van der Waals surface area contributed by atoms with Gasteiger partial charge in [0.25, 0.3) is 0 Å². The predicted molar refractivity (Wildman–Crippen MR) is 81.9 cm³/mol. The zero-order valence-electron chi connectivity index (χ0n) is 13.0. The number of nitrogens with zero attached hydrogens (tertiary/aromatic N) is 2. The van der Waals surface area contributed by atoms with Crippen molar-refractivity contribution in [2.75, 3.05) is 39.4 Å². The molecule has 2 saturated heterocycles. The fraction of sp³-hybridized carbons (Fsp3) is 0.938. The second-order valence-electron chi connectivity index (χ2n) is 6.83. The molecule has 0 aromatic carbocycles. The van der Waals surface area contributed by atoms with Crippen LogP contribution in [0.1, 0.15) is 38.5 Å². The third-order valence-electron chi connectivity index (χ3n) is 5.40. The minimum atomic E-state index is 0.184. The van der Waals surface area contributed by atoms with Gasteiger partial charge < -0.3 is 15.4 Å². The molecule has 0 aromatic heterocycles. The number of carbonyl (C=O) groups is 1. The summed E-state index contributed by atoms with van der Waals surface area (Å²) in [5.41, 5.74) is 6.02. The van der Waals surface area contributed by atoms with Gasteiger partial charge >= 0.3 is 0 Å². The largest absolute Gasteiger partial charge is 0.381 e. The van der Waals surface area contributed by atoms with Crippen molar-refractivity contribution in [3.8, 4) is 0 Å². The monoisotopic (exact) mass is 295 g/mol. The molecule has 0 bridgehead atoms. The summed E-state index contributed by atoms with van der Waals surface area (Å²) in [5, 5.41) is 0. The van der Waals surface area contributed by atoms with Gasteiger partial charge in [-0.2, -0.15) is 0 Å². The van der Waals surface area contributed by atoms with Crippen LogP contribution >= 0.6 is 0 Å². The average Bonchev–Trinajstić information content (AvgIpc) is 2.55. The van der Waals surface area contributed by atoms with Crippen LogP contribution in [0, 0.1) is 5.92 Å². The van der Waals surface area contributed by atoms with Crippen LogP contribution in [0.15, 0.2) is 0 Å². The molecule has 5 heteroatoms. The minimum Gasteiger partial charge on any atom is -0.381 e. The normalized spacial score (nSPS) is 33.1. The van der Waals surface area contributed by atoms with E-state index in [4.69, 9.17) is 10.5 Å². The molecule has 2 atom stereocenters. The highest BCUT2D eigenvalue weighted by Crippen LogP contribution is 2.26. The van der Waals surface area contributed by atoms with Crippen LogP contribution in [0.2, 0.25) is 0 Å². The Morgan fingerprint density at radius 3 is 2.38 bits per heavy atom. The Hall–Kier alpha value is -0.650. The Balaban J connectivity index is 1.47. The summed E-state index contributed by atoms with van der Waals surface area (Å²) in [6, 6.07) is 0.898. The number of nitrogens with two attached hydrogens (primary N) is 1. The van der Waals surface area contributed by atoms with Gasteiger partial charge in [0.05, 0.1) is 0 Å². The molecule has 0 radical (unpaired) electrons. The van der Waals surface area contributed by atoms with Crippen LogP contribution in [0.25, 0.3) is 0 Å². The van der Waals surface area contributed by atoms with Gasteiger partial charge in [-0.3, -0.25) is 9.69 Å². The summed E-state index contributed by atoms with van der Waals surface area (Å²) in [6.45, 7) is 5.61. The fourth-order valence-corrected chi connectivity index (χ4v) is 4.07. The zero-order chi connectivity index (χ0) is 14.7. The molecule has 2 aliphatic heterocycles. The summed E-state index contributed by atoms with van der Waals surface area (Å²) in [5.74, 6) is 0.542. The van der Waals surface area contributed by atoms with E-state index in [-0.39, 0.29) is 12.0 Å². The van der Waals surface area contributed by atoms with Crippen molar-refractivity contribution in [1.29, 1.82) is 0 Å². The highest BCUT2D eigenvalue weighted by Gasteiger charge is 2.32. The lowest BCUT2D eigenvalue weighted by Gasteiger charge is -2.42. The van der Waals surface area contributed by atoms with Crippen molar-refractivity contribution >= 4 is 5.91 Å². The SMILES string of the molecule is NC1CCCC(C(=O)N2CCN(C3CCOCC3)CC2)C1. The summed E-state index contributed by atoms with van der Waals surface area (Å²) in [4.78, 5) is 17.2. The Bertz CT molecular complexity index is 349. The van der Waals surface area contributed by atoms with Gasteiger partial charge in [-0.05, 0) is 32.1 Å². The van der Waals surface area contributed by atoms with Crippen LogP contribution in [0.4, 0.5) is 0 Å². The van der Waals surface area contributed by atoms with E-state index in [0.29, 0.717) is 11.9 Å². The van der Waals surface area contributed by atoms with Gasteiger partial charge in [-0.25, -0.2) is 0 Å². The summed E-state index contributed by atoms with van der Waals surface area (Å²) < 4.78 is 5.44. The lowest BCUT2D eigenvalue weighted by Crippen LogP contribution is -2.54. The summed E-state index contributed by atoms with van der Waals surface area (Å²) in [6.07, 6.45) is 6.41. The van der Waals surface area contributed by atoms with Crippen LogP contribution in [-0.2, 0) is 9.53 Å². The molecule has 21 heavy (non-hydrogen) atoms. The molecule has 1 amide bonds. The lowest BCUT2D eigenvalue weighted by atomic mass is 9.85. The van der Waals surface area contributed by atoms with Crippen molar-refractivity contribution < 1.29 is 9.53 Å². The molecule has 0 aromatic rings. The second kappa shape index (κ2) is 7.07. The lowest BCUT2D eigenvalue weighted by molar-refractivity contribution is -0.139. The Kier molecular flexibility index (Phi) is 5.14. The van der Waals surface area contributed by atoms with Gasteiger partial charge in [-0.15, -0.1) is 0 Å². The van der Waals surface area contributed by atoms with Gasteiger partial charge in [0, 0.05) is 57.4 Å². The van der Waals surface area contributed by atoms with E-state index in [1.807, 2.05) is 0 Å². The quantitative estimate of drug-likeness (QED) is 0.820. The van der Waals surface area contributed by atoms with Crippen LogP contribution in [0.3, 0.4) is 0 Å². The van der Waals surface area contributed by atoms with Crippen LogP contribution in [0.5, 0.6) is 0 Å². The van der Waals surface area contributed by atoms with Crippen molar-refractivity contribution in [2.45, 2.75) is 50.6 Å². The number of hydrogen-bond acceptors (Lipinski definition) is 4. The topological polar surface area (TPSA) is 58.8 Å². The van der Waals surface area contributed by atoms with E-state index in [2.05, 4.69) is 9.80 Å². The van der Waals surface area contributed by atoms with Crippen molar-refractivity contribution in [3.05, 3.63) is 0 Å². The van der Waals surface area contributed by atoms with Gasteiger partial charge in [-0.1, -0.05) is 6.42 Å². The first-order chi connectivity index (χ1) is 10.2. The molecule has 1 aliphatic carbocycles. The fourth-order valence-electron chi connectivity index (χ4n) is 4.07. The molecule has 120 valence electrons. The molecule has 3 fully saturated rings. The Morgan fingerprint density at radius 2 is 1.71 bits per heavy atom. The molecule has 2 N–H and O–H groups in total. The first kappa shape index (κ1) is 15.3. The maximum Gasteiger partial charge on any atom is 0.225 e. The number of carbonyl (C=O) groups excluding carboxylic acids is 1. The third-order valence-corrected chi connectivity index (χ3v) is 5.40. The van der Waals surface area contributed by atoms with E-state index in [1.165, 1.54) is 0 Å². The second-order valence-corrected chi connectivity index (χ2v) is 6.83. The first-order valence-electron chi connectivity index (χ1n) is 8.60. The molecule has 3 aliphatic rings. The molecule has 5 nitrogen and oxygen atoms in total. The molecule has 2 heterocycles. The predicted octanol–water partition coefficient (Wildman–Crippen LogP) is 0.827. The van der Waals surface area contributed by atoms with Crippen molar-refractivity contribution in [2.24, 2.45) is 11.7 Å². The molecule has 1 saturated carbocycles. The molecule has 2 unspecified atom stereocenters. The van der Waals surface area contributed by atoms with Crippen LogP contribution in [-0.4, -0.2) is 67.2 Å². The zero-order valence-corrected chi connectivity index (χ0v) is 13.0. The highest BCUT2D eigenvalue weighted by molar-refractivity contribution is 5.79. The average molecular weight is 295 g/mol. The van der Waals surface area contributed by atoms with E-state index < -0.39 is 0 Å². The molecular formula is C16H29N3O2. The highest BCUT2D eigenvalue weighted by atomic mass is 16.5. The Morgan fingerprint density at radius 1 is 1.00 bits per heavy atom. The van der Waals surface area contributed by atoms with E-state index >= 15 is 0 Å². The maximum absolute atomic E-state index is 12.6.